The maximum absolute atomic E-state index is 13.0. The van der Waals surface area contributed by atoms with E-state index < -0.39 is 0 Å². The lowest BCUT2D eigenvalue weighted by molar-refractivity contribution is 0.0954. The molecule has 0 amide bonds. The van der Waals surface area contributed by atoms with Crippen molar-refractivity contribution in [2.45, 2.75) is 63.5 Å². The molecule has 2 aliphatic rings. The van der Waals surface area contributed by atoms with Crippen molar-refractivity contribution in [3.8, 4) is 0 Å². The Kier molecular flexibility index (Phi) is 8.43. The topological polar surface area (TPSA) is 26.3 Å². The summed E-state index contributed by atoms with van der Waals surface area (Å²) < 4.78 is 5.19. The van der Waals surface area contributed by atoms with Crippen molar-refractivity contribution in [3.63, 3.8) is 0 Å². The quantitative estimate of drug-likeness (QED) is 0.392. The number of hydrogen-bond donors (Lipinski definition) is 0. The van der Waals surface area contributed by atoms with Crippen LogP contribution in [-0.2, 0) is 15.6 Å². The number of ketones is 1. The molecule has 0 aromatic heterocycles. The van der Waals surface area contributed by atoms with Gasteiger partial charge in [0.2, 0.25) is 5.78 Å². The van der Waals surface area contributed by atoms with E-state index in [2.05, 4.69) is 44.7 Å². The molecule has 0 atom stereocenters. The molecule has 0 unspecified atom stereocenters. The number of carbonyl (C=O) groups excluding carboxylic acids is 1. The highest BCUT2D eigenvalue weighted by atomic mass is 32.2. The lowest BCUT2D eigenvalue weighted by Gasteiger charge is -2.27. The molecule has 0 N–H and O–H groups in total. The normalized spacial score (nSPS) is 19.3. The summed E-state index contributed by atoms with van der Waals surface area (Å²) in [7, 11) is 0.130. The molecule has 2 fully saturated rings. The van der Waals surface area contributed by atoms with E-state index in [1.54, 1.807) is 6.08 Å². The Morgan fingerprint density at radius 1 is 1.12 bits per heavy atom. The monoisotopic (exact) mass is 375 g/mol. The van der Waals surface area contributed by atoms with Gasteiger partial charge in [-0.15, -0.1) is 6.58 Å². The molecule has 2 nitrogen and oxygen atoms in total. The van der Waals surface area contributed by atoms with E-state index in [1.807, 2.05) is 6.92 Å². The molecule has 1 saturated heterocycles. The van der Waals surface area contributed by atoms with E-state index in [4.69, 9.17) is 4.74 Å². The Hall–Kier alpha value is -1.06. The number of Topliss-reactive ketones (excluding diaryl/α,β-unsaturated/α-hetero) is 1. The van der Waals surface area contributed by atoms with Gasteiger partial charge in [0.05, 0.1) is 13.2 Å². The summed E-state index contributed by atoms with van der Waals surface area (Å²) in [6, 6.07) is 8.54. The highest BCUT2D eigenvalue weighted by Gasteiger charge is 2.46. The van der Waals surface area contributed by atoms with E-state index in [0.29, 0.717) is 11.7 Å². The minimum Gasteiger partial charge on any atom is -0.372 e. The van der Waals surface area contributed by atoms with Gasteiger partial charge in [0.15, 0.2) is 4.75 Å². The number of benzene rings is 1. The maximum Gasteiger partial charge on any atom is 0.217 e. The molecular weight excluding hydrogens is 340 g/mol. The fourth-order valence-electron chi connectivity index (χ4n) is 3.85. The van der Waals surface area contributed by atoms with Crippen LogP contribution in [0.25, 0.3) is 0 Å². The second-order valence-corrected chi connectivity index (χ2v) is 10.5. The Bertz CT molecular complexity index is 564. The predicted octanol–water partition coefficient (Wildman–Crippen LogP) is 5.54. The molecule has 1 saturated carbocycles. The molecule has 0 bridgehead atoms. The van der Waals surface area contributed by atoms with Crippen molar-refractivity contribution < 1.29 is 9.53 Å². The van der Waals surface area contributed by atoms with Crippen LogP contribution in [-0.4, -0.2) is 35.2 Å². The zero-order chi connectivity index (χ0) is 19.0. The van der Waals surface area contributed by atoms with Gasteiger partial charge >= 0.3 is 0 Å². The first-order chi connectivity index (χ1) is 12.5. The third-order valence-corrected chi connectivity index (χ3v) is 8.41. The molecule has 26 heavy (non-hydrogen) atoms. The van der Waals surface area contributed by atoms with E-state index in [9.17, 15) is 4.79 Å². The van der Waals surface area contributed by atoms with E-state index >= 15 is 0 Å². The summed E-state index contributed by atoms with van der Waals surface area (Å²) in [5.74, 6) is 3.06. The van der Waals surface area contributed by atoms with Crippen molar-refractivity contribution in [2.24, 2.45) is 0 Å². The standard InChI is InChI=1S/C20H29O2S.C3H6/c1-20(2,23-14-12-22-13-15-23)19(21)18-10-8-17(9-11-18)16-6-4-3-5-7-16;1-3-2/h8-11,16H,3-7,12-15H2,1-2H3;3H,1H2,2H3/q+1;. The van der Waals surface area contributed by atoms with Crippen LogP contribution < -0.4 is 0 Å². The first-order valence-corrected chi connectivity index (χ1v) is 11.5. The van der Waals surface area contributed by atoms with Crippen LogP contribution >= 0.6 is 0 Å². The van der Waals surface area contributed by atoms with Crippen LogP contribution in [0.1, 0.15) is 74.7 Å². The summed E-state index contributed by atoms with van der Waals surface area (Å²) >= 11 is 0. The van der Waals surface area contributed by atoms with E-state index in [0.717, 1.165) is 30.3 Å². The lowest BCUT2D eigenvalue weighted by atomic mass is 9.83. The Balaban J connectivity index is 0.000000758. The number of allylic oxidation sites excluding steroid dienone is 1. The van der Waals surface area contributed by atoms with Gasteiger partial charge in [-0.25, -0.2) is 0 Å². The smallest absolute Gasteiger partial charge is 0.217 e. The minimum atomic E-state index is -0.268. The van der Waals surface area contributed by atoms with Crippen LogP contribution in [0.3, 0.4) is 0 Å². The Morgan fingerprint density at radius 2 is 1.65 bits per heavy atom. The zero-order valence-corrected chi connectivity index (χ0v) is 17.6. The molecular formula is C23H35O2S+. The largest absolute Gasteiger partial charge is 0.372 e. The van der Waals surface area contributed by atoms with Crippen molar-refractivity contribution in [1.82, 2.24) is 0 Å². The summed E-state index contributed by atoms with van der Waals surface area (Å²) in [6.45, 7) is 11.1. The predicted molar refractivity (Wildman–Crippen MR) is 114 cm³/mol. The Morgan fingerprint density at radius 3 is 2.19 bits per heavy atom. The van der Waals surface area contributed by atoms with Crippen LogP contribution in [0, 0.1) is 0 Å². The third kappa shape index (κ3) is 5.47. The Labute approximate surface area is 162 Å². The highest BCUT2D eigenvalue weighted by molar-refractivity contribution is 7.99. The van der Waals surface area contributed by atoms with Gasteiger partial charge in [0, 0.05) is 16.5 Å². The van der Waals surface area contributed by atoms with Crippen molar-refractivity contribution in [3.05, 3.63) is 48.0 Å². The lowest BCUT2D eigenvalue weighted by Crippen LogP contribution is -2.47. The van der Waals surface area contributed by atoms with Gasteiger partial charge in [0.1, 0.15) is 11.5 Å². The SMILES string of the molecule is C=CC.CC(C)(C(=O)c1ccc(C2CCCCC2)cc1)[S+]1CCOCC1. The van der Waals surface area contributed by atoms with Crippen molar-refractivity contribution >= 4 is 16.7 Å². The molecule has 3 heteroatoms. The second-order valence-electron chi connectivity index (χ2n) is 7.72. The summed E-state index contributed by atoms with van der Waals surface area (Å²) in [5, 5.41) is 0. The van der Waals surface area contributed by atoms with Gasteiger partial charge in [0.25, 0.3) is 0 Å². The van der Waals surface area contributed by atoms with Gasteiger partial charge in [-0.05, 0) is 45.1 Å². The second kappa shape index (κ2) is 10.3. The number of ether oxygens (including phenoxy) is 1. The molecule has 1 aromatic rings. The minimum absolute atomic E-state index is 0.130. The molecule has 1 aliphatic carbocycles. The number of carbonyl (C=O) groups is 1. The van der Waals surface area contributed by atoms with Crippen molar-refractivity contribution in [2.75, 3.05) is 24.7 Å². The van der Waals surface area contributed by atoms with Crippen LogP contribution in [0.15, 0.2) is 36.9 Å². The molecule has 3 rings (SSSR count). The van der Waals surface area contributed by atoms with Gasteiger partial charge in [-0.1, -0.05) is 49.6 Å². The summed E-state index contributed by atoms with van der Waals surface area (Å²) in [5.41, 5.74) is 2.31. The molecule has 1 aliphatic heterocycles. The maximum atomic E-state index is 13.0. The molecule has 1 heterocycles. The van der Waals surface area contributed by atoms with E-state index in [-0.39, 0.29) is 15.6 Å². The van der Waals surface area contributed by atoms with Gasteiger partial charge < -0.3 is 4.74 Å². The summed E-state index contributed by atoms with van der Waals surface area (Å²) in [4.78, 5) is 13.0. The highest BCUT2D eigenvalue weighted by Crippen LogP contribution is 2.33. The zero-order valence-electron chi connectivity index (χ0n) is 16.8. The van der Waals surface area contributed by atoms with Gasteiger partial charge in [-0.3, -0.25) is 4.79 Å². The van der Waals surface area contributed by atoms with Gasteiger partial charge in [-0.2, -0.15) is 0 Å². The fraction of sp³-hybridized carbons (Fsp3) is 0.609. The number of rotatable bonds is 4. The molecule has 144 valence electrons. The molecule has 1 aromatic carbocycles. The first kappa shape index (κ1) is 21.2. The summed E-state index contributed by atoms with van der Waals surface area (Å²) in [6.07, 6.45) is 8.45. The fourth-order valence-corrected chi connectivity index (χ4v) is 6.10. The van der Waals surface area contributed by atoms with Crippen LogP contribution in [0.4, 0.5) is 0 Å². The van der Waals surface area contributed by atoms with Crippen molar-refractivity contribution in [1.29, 1.82) is 0 Å². The van der Waals surface area contributed by atoms with Crippen LogP contribution in [0.5, 0.6) is 0 Å². The van der Waals surface area contributed by atoms with E-state index in [1.165, 1.54) is 37.7 Å². The first-order valence-electron chi connectivity index (χ1n) is 9.98. The third-order valence-electron chi connectivity index (χ3n) is 5.47. The number of hydrogen-bond acceptors (Lipinski definition) is 2. The average molecular weight is 376 g/mol. The van der Waals surface area contributed by atoms with Crippen LogP contribution in [0.2, 0.25) is 0 Å². The molecule has 0 spiro atoms. The average Bonchev–Trinajstić information content (AvgIpc) is 2.69. The molecule has 0 radical (unpaired) electrons.